The van der Waals surface area contributed by atoms with Crippen molar-refractivity contribution in [3.63, 3.8) is 0 Å². The number of nitriles is 1. The third-order valence-corrected chi connectivity index (χ3v) is 6.18. The van der Waals surface area contributed by atoms with Crippen LogP contribution in [0.15, 0.2) is 4.99 Å². The zero-order valence-corrected chi connectivity index (χ0v) is 17.8. The van der Waals surface area contributed by atoms with Gasteiger partial charge in [0, 0.05) is 14.0 Å². The molecule has 1 amide bonds. The number of carbonyl (C=O) groups excluding carboxylic acids is 3. The molecule has 0 aromatic rings. The van der Waals surface area contributed by atoms with Gasteiger partial charge < -0.3 is 34.8 Å². The van der Waals surface area contributed by atoms with Gasteiger partial charge in [0.15, 0.2) is 17.8 Å². The van der Waals surface area contributed by atoms with Crippen LogP contribution in [0.3, 0.4) is 0 Å². The van der Waals surface area contributed by atoms with Crippen molar-refractivity contribution in [1.82, 2.24) is 15.1 Å². The van der Waals surface area contributed by atoms with Crippen LogP contribution in [0.4, 0.5) is 0 Å². The molecule has 3 rings (SSSR count). The van der Waals surface area contributed by atoms with Crippen LogP contribution in [-0.4, -0.2) is 116 Å². The lowest BCUT2D eigenvalue weighted by Crippen LogP contribution is -2.89. The Morgan fingerprint density at radius 3 is 2.28 bits per heavy atom. The number of hydrogen-bond acceptors (Lipinski definition) is 13. The zero-order valence-electron chi connectivity index (χ0n) is 17.8. The highest BCUT2D eigenvalue weighted by atomic mass is 16.6. The van der Waals surface area contributed by atoms with Crippen molar-refractivity contribution >= 4 is 23.8 Å². The smallest absolute Gasteiger partial charge is 0.265 e. The van der Waals surface area contributed by atoms with E-state index in [9.17, 15) is 40.1 Å². The summed E-state index contributed by atoms with van der Waals surface area (Å²) >= 11 is 0. The number of carbonyl (C=O) groups is 3. The van der Waals surface area contributed by atoms with Gasteiger partial charge in [0.25, 0.3) is 5.91 Å². The van der Waals surface area contributed by atoms with Crippen molar-refractivity contribution < 1.29 is 44.3 Å². The molecule has 14 heteroatoms. The predicted molar refractivity (Wildman–Crippen MR) is 102 cm³/mol. The van der Waals surface area contributed by atoms with E-state index in [0.717, 1.165) is 39.1 Å². The first-order chi connectivity index (χ1) is 14.9. The second-order valence-corrected chi connectivity index (χ2v) is 7.86. The minimum atomic E-state index is -2.75. The molecule has 0 aromatic heterocycles. The molecule has 3 aliphatic heterocycles. The maximum absolute atomic E-state index is 12.9. The van der Waals surface area contributed by atoms with Gasteiger partial charge in [-0.2, -0.15) is 5.26 Å². The third kappa shape index (κ3) is 2.83. The number of aliphatic hydroxyl groups excluding tert-OH is 3. The zero-order chi connectivity index (χ0) is 24.2. The number of Topliss-reactive ketones (excluding diaryl/α,β-unsaturated/α-hetero) is 2. The maximum atomic E-state index is 12.9. The summed E-state index contributed by atoms with van der Waals surface area (Å²) in [5.74, 6) is -5.33. The molecule has 0 aliphatic carbocycles. The fraction of sp³-hybridized carbons (Fsp3) is 0.722. The fourth-order valence-corrected chi connectivity index (χ4v) is 4.55. The Morgan fingerprint density at radius 2 is 1.88 bits per heavy atom. The Balaban J connectivity index is 2.28. The Morgan fingerprint density at radius 1 is 1.25 bits per heavy atom. The number of methoxy groups -OCH3 is 1. The van der Waals surface area contributed by atoms with E-state index >= 15 is 0 Å². The number of ketones is 2. The molecule has 0 spiro atoms. The minimum Gasteiger partial charge on any atom is -0.394 e. The van der Waals surface area contributed by atoms with Crippen LogP contribution in [-0.2, 0) is 23.9 Å². The van der Waals surface area contributed by atoms with Crippen molar-refractivity contribution in [3.8, 4) is 6.07 Å². The topological polar surface area (TPSA) is 205 Å². The summed E-state index contributed by atoms with van der Waals surface area (Å²) in [4.78, 5) is 44.2. The summed E-state index contributed by atoms with van der Waals surface area (Å²) in [5, 5.41) is 53.7. The summed E-state index contributed by atoms with van der Waals surface area (Å²) in [6.45, 7) is 2.43. The van der Waals surface area contributed by atoms with Gasteiger partial charge in [-0.05, 0) is 13.8 Å². The van der Waals surface area contributed by atoms with Crippen LogP contribution in [0.1, 0.15) is 20.8 Å². The molecule has 5 N–H and O–H groups in total. The Hall–Kier alpha value is -2.51. The number of ether oxygens (including phenoxy) is 2. The van der Waals surface area contributed by atoms with Crippen molar-refractivity contribution in [2.75, 3.05) is 13.7 Å². The van der Waals surface area contributed by atoms with Gasteiger partial charge in [0.1, 0.15) is 30.5 Å². The molecule has 0 aromatic carbocycles. The van der Waals surface area contributed by atoms with Crippen molar-refractivity contribution in [2.24, 2.45) is 4.99 Å². The highest BCUT2D eigenvalue weighted by molar-refractivity contribution is 5.98. The van der Waals surface area contributed by atoms with Gasteiger partial charge >= 0.3 is 0 Å². The van der Waals surface area contributed by atoms with Crippen LogP contribution in [0.2, 0.25) is 0 Å². The summed E-state index contributed by atoms with van der Waals surface area (Å²) in [7, 11) is 1.01. The Labute approximate surface area is 182 Å². The Bertz CT molecular complexity index is 908. The summed E-state index contributed by atoms with van der Waals surface area (Å²) in [5.41, 5.74) is -4.82. The molecular weight excluding hydrogens is 430 g/mol. The number of nitrogens with zero attached hydrogens (tertiary/aromatic N) is 4. The van der Waals surface area contributed by atoms with E-state index in [2.05, 4.69) is 10.3 Å². The molecule has 3 aliphatic rings. The SMILES string of the molecule is COC1(O)NC(C#N)(C(C)=O)N(C(C)=O)C2N([C@@H]3O[C@H](CO)C(O)C3O)C=NC21C(C)=O. The van der Waals surface area contributed by atoms with Gasteiger partial charge in [-0.1, -0.05) is 0 Å². The maximum Gasteiger partial charge on any atom is 0.265 e. The van der Waals surface area contributed by atoms with Crippen molar-refractivity contribution in [3.05, 3.63) is 0 Å². The lowest BCUT2D eigenvalue weighted by atomic mass is 9.80. The van der Waals surface area contributed by atoms with Crippen LogP contribution in [0.5, 0.6) is 0 Å². The lowest BCUT2D eigenvalue weighted by molar-refractivity contribution is -0.301. The molecule has 0 radical (unpaired) electrons. The third-order valence-electron chi connectivity index (χ3n) is 6.18. The number of amides is 1. The predicted octanol–water partition coefficient (Wildman–Crippen LogP) is -4.02. The number of aliphatic imine (C=N–C) groups is 1. The van der Waals surface area contributed by atoms with Gasteiger partial charge in [0.2, 0.25) is 17.1 Å². The molecule has 176 valence electrons. The molecule has 2 fully saturated rings. The summed E-state index contributed by atoms with van der Waals surface area (Å²) in [6.07, 6.45) is -6.57. The number of fused-ring (bicyclic) bond motifs is 1. The second-order valence-electron chi connectivity index (χ2n) is 7.86. The molecule has 0 saturated carbocycles. The highest BCUT2D eigenvalue weighted by Crippen LogP contribution is 2.47. The van der Waals surface area contributed by atoms with Gasteiger partial charge in [-0.15, -0.1) is 0 Å². The first-order valence-electron chi connectivity index (χ1n) is 9.63. The van der Waals surface area contributed by atoms with E-state index < -0.39 is 71.9 Å². The van der Waals surface area contributed by atoms with Crippen LogP contribution >= 0.6 is 0 Å². The van der Waals surface area contributed by atoms with Crippen LogP contribution < -0.4 is 5.32 Å². The van der Waals surface area contributed by atoms with Gasteiger partial charge in [0.05, 0.1) is 12.9 Å². The minimum absolute atomic E-state index is 0.655. The van der Waals surface area contributed by atoms with Gasteiger partial charge in [-0.25, -0.2) is 10.3 Å². The van der Waals surface area contributed by atoms with Crippen molar-refractivity contribution in [2.45, 2.75) is 68.6 Å². The molecule has 6 unspecified atom stereocenters. The lowest BCUT2D eigenvalue weighted by Gasteiger charge is -2.58. The summed E-state index contributed by atoms with van der Waals surface area (Å²) in [6, 6.07) is 1.68. The van der Waals surface area contributed by atoms with Gasteiger partial charge in [-0.3, -0.25) is 19.3 Å². The molecule has 8 atom stereocenters. The first-order valence-corrected chi connectivity index (χ1v) is 9.63. The van der Waals surface area contributed by atoms with Crippen molar-refractivity contribution in [1.29, 1.82) is 5.26 Å². The monoisotopic (exact) mass is 455 g/mol. The van der Waals surface area contributed by atoms with E-state index in [4.69, 9.17) is 9.47 Å². The average Bonchev–Trinajstić information content (AvgIpc) is 3.26. The quantitative estimate of drug-likeness (QED) is 0.251. The molecule has 32 heavy (non-hydrogen) atoms. The van der Waals surface area contributed by atoms with Crippen LogP contribution in [0.25, 0.3) is 0 Å². The molecule has 3 heterocycles. The summed E-state index contributed by atoms with van der Waals surface area (Å²) < 4.78 is 10.7. The second kappa shape index (κ2) is 7.81. The largest absolute Gasteiger partial charge is 0.394 e. The standard InChI is InChI=1S/C18H25N5O9/c1-8(25)16(6-19)21-18(30,31-4)17(9(2)26)15(23(16)10(3)27)22(7-20-17)14-13(29)12(28)11(5-24)32-14/h7,11-15,21,24,28-30H,5H2,1-4H3/t11-,12?,13?,14-,15?,16?,17?,18?/m1/s1. The average molecular weight is 455 g/mol. The van der Waals surface area contributed by atoms with Crippen LogP contribution in [0, 0.1) is 11.3 Å². The molecule has 14 nitrogen and oxygen atoms in total. The highest BCUT2D eigenvalue weighted by Gasteiger charge is 2.76. The van der Waals surface area contributed by atoms with E-state index in [0.29, 0.717) is 4.90 Å². The van der Waals surface area contributed by atoms with E-state index in [1.54, 1.807) is 6.07 Å². The number of nitrogens with one attached hydrogen (secondary N) is 1. The molecule has 2 saturated heterocycles. The van der Waals surface area contributed by atoms with E-state index in [1.807, 2.05) is 0 Å². The fourth-order valence-electron chi connectivity index (χ4n) is 4.55. The van der Waals surface area contributed by atoms with E-state index in [-0.39, 0.29) is 0 Å². The molecular formula is C18H25N5O9. The molecule has 0 bridgehead atoms. The first kappa shape index (κ1) is 24.1. The number of hydrogen-bond donors (Lipinski definition) is 5. The normalized spacial score (nSPS) is 43.2. The van der Waals surface area contributed by atoms with E-state index in [1.165, 1.54) is 0 Å². The number of rotatable bonds is 5. The Kier molecular flexibility index (Phi) is 5.89. The number of aliphatic hydroxyl groups is 4.